The fourth-order valence-corrected chi connectivity index (χ4v) is 3.44. The molecule has 0 radical (unpaired) electrons. The monoisotopic (exact) mass is 434 g/mol. The number of nitrogens with zero attached hydrogens (tertiary/aromatic N) is 1. The van der Waals surface area contributed by atoms with E-state index in [2.05, 4.69) is 16.0 Å². The van der Waals surface area contributed by atoms with E-state index in [9.17, 15) is 14.4 Å². The third kappa shape index (κ3) is 5.25. The Labute approximate surface area is 173 Å². The number of piperidine rings is 1. The summed E-state index contributed by atoms with van der Waals surface area (Å²) in [4.78, 5) is 37.8. The van der Waals surface area contributed by atoms with Gasteiger partial charge in [0.1, 0.15) is 6.04 Å². The maximum absolute atomic E-state index is 12.5. The van der Waals surface area contributed by atoms with E-state index in [1.165, 1.54) is 12.1 Å². The number of benzene rings is 1. The Bertz CT molecular complexity index is 725. The number of imide groups is 1. The summed E-state index contributed by atoms with van der Waals surface area (Å²) in [6.45, 7) is 1.73. The fraction of sp³-hybridized carbons (Fsp3) is 0.471. The van der Waals surface area contributed by atoms with Gasteiger partial charge in [0.25, 0.3) is 5.91 Å². The first-order valence-electron chi connectivity index (χ1n) is 8.55. The largest absolute Gasteiger partial charge is 0.352 e. The highest BCUT2D eigenvalue weighted by Gasteiger charge is 2.39. The zero-order valence-electron chi connectivity index (χ0n) is 14.5. The van der Waals surface area contributed by atoms with Gasteiger partial charge in [-0.05, 0) is 44.0 Å². The zero-order valence-corrected chi connectivity index (χ0v) is 16.8. The van der Waals surface area contributed by atoms with E-state index < -0.39 is 18.0 Å². The molecule has 0 aliphatic carbocycles. The predicted octanol–water partition coefficient (Wildman–Crippen LogP) is 2.49. The number of carbonyl (C=O) groups excluding carboxylic acids is 3. The van der Waals surface area contributed by atoms with Gasteiger partial charge in [-0.1, -0.05) is 23.2 Å². The number of nitrogens with one attached hydrogen (secondary N) is 3. The maximum Gasteiger partial charge on any atom is 0.329 e. The fourth-order valence-electron chi connectivity index (χ4n) is 3.15. The van der Waals surface area contributed by atoms with Gasteiger partial charge in [0.05, 0.1) is 15.7 Å². The van der Waals surface area contributed by atoms with Crippen molar-refractivity contribution in [1.82, 2.24) is 16.0 Å². The Balaban J connectivity index is 0.00000261. The molecule has 10 heteroatoms. The lowest BCUT2D eigenvalue weighted by atomic mass is 10.1. The molecule has 4 amide bonds. The van der Waals surface area contributed by atoms with Crippen molar-refractivity contribution in [1.29, 1.82) is 0 Å². The number of hydrogen-bond acceptors (Lipinski definition) is 4. The van der Waals surface area contributed by atoms with Gasteiger partial charge < -0.3 is 16.0 Å². The van der Waals surface area contributed by atoms with E-state index in [-0.39, 0.29) is 42.2 Å². The summed E-state index contributed by atoms with van der Waals surface area (Å²) >= 11 is 11.8. The number of carbonyl (C=O) groups is 3. The number of rotatable bonds is 5. The minimum absolute atomic E-state index is 0. The zero-order chi connectivity index (χ0) is 18.7. The molecule has 7 nitrogen and oxygen atoms in total. The first-order chi connectivity index (χ1) is 12.5. The molecule has 148 valence electrons. The molecular formula is C17H21Cl3N4O3. The first-order valence-corrected chi connectivity index (χ1v) is 9.31. The van der Waals surface area contributed by atoms with E-state index in [0.29, 0.717) is 10.7 Å². The summed E-state index contributed by atoms with van der Waals surface area (Å²) in [6.07, 6.45) is 2.39. The van der Waals surface area contributed by atoms with Crippen LogP contribution in [0.15, 0.2) is 18.2 Å². The smallest absolute Gasteiger partial charge is 0.329 e. The van der Waals surface area contributed by atoms with Crippen LogP contribution in [0.1, 0.15) is 25.7 Å². The Kier molecular flexibility index (Phi) is 7.73. The van der Waals surface area contributed by atoms with Crippen LogP contribution < -0.4 is 20.9 Å². The average molecular weight is 436 g/mol. The highest BCUT2D eigenvalue weighted by Crippen LogP contribution is 2.29. The number of halogens is 3. The van der Waals surface area contributed by atoms with Crippen molar-refractivity contribution in [2.45, 2.75) is 37.8 Å². The molecule has 2 fully saturated rings. The number of urea groups is 1. The van der Waals surface area contributed by atoms with Crippen molar-refractivity contribution < 1.29 is 14.4 Å². The second-order valence-electron chi connectivity index (χ2n) is 6.42. The molecular weight excluding hydrogens is 415 g/mol. The van der Waals surface area contributed by atoms with Gasteiger partial charge in [-0.15, -0.1) is 12.4 Å². The van der Waals surface area contributed by atoms with E-state index in [1.54, 1.807) is 6.07 Å². The van der Waals surface area contributed by atoms with Gasteiger partial charge in [0.2, 0.25) is 5.91 Å². The maximum atomic E-state index is 12.5. The quantitative estimate of drug-likeness (QED) is 0.620. The number of anilines is 1. The molecule has 0 aromatic heterocycles. The summed E-state index contributed by atoms with van der Waals surface area (Å²) in [7, 11) is 0. The molecule has 1 aromatic rings. The van der Waals surface area contributed by atoms with E-state index in [1.807, 2.05) is 0 Å². The molecule has 3 N–H and O–H groups in total. The third-order valence-electron chi connectivity index (χ3n) is 4.50. The lowest BCUT2D eigenvalue weighted by molar-refractivity contribution is -0.122. The number of amides is 4. The molecule has 0 saturated carbocycles. The summed E-state index contributed by atoms with van der Waals surface area (Å²) in [5.74, 6) is -0.519. The van der Waals surface area contributed by atoms with Gasteiger partial charge in [-0.25, -0.2) is 9.69 Å². The van der Waals surface area contributed by atoms with Crippen LogP contribution in [0, 0.1) is 0 Å². The lowest BCUT2D eigenvalue weighted by Crippen LogP contribution is -2.46. The van der Waals surface area contributed by atoms with Crippen LogP contribution in [0.2, 0.25) is 10.0 Å². The predicted molar refractivity (Wildman–Crippen MR) is 107 cm³/mol. The molecule has 2 atom stereocenters. The summed E-state index contributed by atoms with van der Waals surface area (Å²) in [5.41, 5.74) is 0.349. The molecule has 1 unspecified atom stereocenters. The normalized spacial score (nSPS) is 22.2. The molecule has 2 saturated heterocycles. The Morgan fingerprint density at radius 2 is 2.04 bits per heavy atom. The third-order valence-corrected chi connectivity index (χ3v) is 5.24. The van der Waals surface area contributed by atoms with Gasteiger partial charge in [-0.2, -0.15) is 0 Å². The van der Waals surface area contributed by atoms with Crippen molar-refractivity contribution in [3.05, 3.63) is 28.2 Å². The van der Waals surface area contributed by atoms with E-state index in [0.717, 1.165) is 30.8 Å². The first kappa shape index (κ1) is 21.8. The van der Waals surface area contributed by atoms with E-state index >= 15 is 0 Å². The highest BCUT2D eigenvalue weighted by atomic mass is 35.5. The molecule has 2 heterocycles. The highest BCUT2D eigenvalue weighted by molar-refractivity contribution is 6.42. The average Bonchev–Trinajstić information content (AvgIpc) is 2.90. The van der Waals surface area contributed by atoms with Gasteiger partial charge >= 0.3 is 6.03 Å². The van der Waals surface area contributed by atoms with Crippen molar-refractivity contribution in [3.63, 3.8) is 0 Å². The molecule has 0 spiro atoms. The molecule has 1 aromatic carbocycles. The van der Waals surface area contributed by atoms with Crippen molar-refractivity contribution >= 4 is 59.1 Å². The van der Waals surface area contributed by atoms with Crippen LogP contribution in [0.3, 0.4) is 0 Å². The Morgan fingerprint density at radius 3 is 2.70 bits per heavy atom. The lowest BCUT2D eigenvalue weighted by Gasteiger charge is -2.23. The van der Waals surface area contributed by atoms with Crippen LogP contribution in [0.5, 0.6) is 0 Å². The van der Waals surface area contributed by atoms with Crippen molar-refractivity contribution in [3.8, 4) is 0 Å². The molecule has 2 aliphatic heterocycles. The molecule has 2 aliphatic rings. The van der Waals surface area contributed by atoms with Crippen LogP contribution in [0.4, 0.5) is 10.5 Å². The van der Waals surface area contributed by atoms with Crippen molar-refractivity contribution in [2.75, 3.05) is 18.0 Å². The number of hydrogen-bond donors (Lipinski definition) is 3. The summed E-state index contributed by atoms with van der Waals surface area (Å²) < 4.78 is 0. The van der Waals surface area contributed by atoms with Gasteiger partial charge in [0.15, 0.2) is 0 Å². The van der Waals surface area contributed by atoms with Crippen LogP contribution in [-0.4, -0.2) is 43.0 Å². The standard InChI is InChI=1S/C17H20Cl2N4O3.ClH/c18-12-4-3-11(8-13(12)19)23-16(25)14(22-17(23)26)5-6-15(24)21-10-2-1-7-20-9-10;/h3-4,8,10,14,20H,1-2,5-7,9H2,(H,21,24)(H,22,26);1H/t10-,14?;/m0./s1. The minimum atomic E-state index is -0.729. The minimum Gasteiger partial charge on any atom is -0.352 e. The van der Waals surface area contributed by atoms with Crippen LogP contribution in [0.25, 0.3) is 0 Å². The molecule has 3 rings (SSSR count). The SMILES string of the molecule is Cl.O=C(CCC1NC(=O)N(c2ccc(Cl)c(Cl)c2)C1=O)N[C@H]1CCCNC1. The van der Waals surface area contributed by atoms with Crippen LogP contribution in [-0.2, 0) is 9.59 Å². The van der Waals surface area contributed by atoms with Gasteiger partial charge in [0, 0.05) is 19.0 Å². The van der Waals surface area contributed by atoms with E-state index in [4.69, 9.17) is 23.2 Å². The van der Waals surface area contributed by atoms with Gasteiger partial charge in [-0.3, -0.25) is 9.59 Å². The summed E-state index contributed by atoms with van der Waals surface area (Å²) in [5, 5.41) is 9.40. The molecule has 27 heavy (non-hydrogen) atoms. The Hall–Kier alpha value is -1.54. The Morgan fingerprint density at radius 1 is 1.26 bits per heavy atom. The van der Waals surface area contributed by atoms with Crippen molar-refractivity contribution in [2.24, 2.45) is 0 Å². The second kappa shape index (κ2) is 9.59. The molecule has 0 bridgehead atoms. The van der Waals surface area contributed by atoms with Crippen LogP contribution >= 0.6 is 35.6 Å². The second-order valence-corrected chi connectivity index (χ2v) is 7.24. The topological polar surface area (TPSA) is 90.5 Å². The summed E-state index contributed by atoms with van der Waals surface area (Å²) in [6, 6.07) is 3.41.